The summed E-state index contributed by atoms with van der Waals surface area (Å²) in [5.74, 6) is 0. The molecule has 17 heavy (non-hydrogen) atoms. The van der Waals surface area contributed by atoms with Crippen LogP contribution in [0.4, 0.5) is 0 Å². The van der Waals surface area contributed by atoms with E-state index in [1.807, 2.05) is 11.3 Å². The number of thiazole rings is 1. The SMILES string of the molecule is BrC1CCN(Cc2nc3ccccc3s2)CC1. The molecule has 0 bridgehead atoms. The lowest BCUT2D eigenvalue weighted by atomic mass is 10.1. The number of rotatable bonds is 2. The van der Waals surface area contributed by atoms with E-state index in [1.165, 1.54) is 35.6 Å². The zero-order valence-electron chi connectivity index (χ0n) is 9.60. The maximum Gasteiger partial charge on any atom is 0.108 e. The molecule has 0 atom stereocenters. The topological polar surface area (TPSA) is 16.1 Å². The molecule has 1 aromatic heterocycles. The van der Waals surface area contributed by atoms with E-state index in [0.717, 1.165) is 12.1 Å². The predicted octanol–water partition coefficient (Wildman–Crippen LogP) is 3.66. The average Bonchev–Trinajstić information content (AvgIpc) is 2.74. The maximum absolute atomic E-state index is 4.69. The summed E-state index contributed by atoms with van der Waals surface area (Å²) in [4.78, 5) is 7.92. The summed E-state index contributed by atoms with van der Waals surface area (Å²) in [5, 5.41) is 1.25. The lowest BCUT2D eigenvalue weighted by Crippen LogP contribution is -2.33. The fourth-order valence-corrected chi connectivity index (χ4v) is 3.66. The standard InChI is InChI=1S/C13H15BrN2S/c14-10-5-7-16(8-6-10)9-13-15-11-3-1-2-4-12(11)17-13/h1-4,10H,5-9H2. The Hall–Kier alpha value is -0.450. The second-order valence-corrected chi connectivity index (χ2v) is 6.94. The summed E-state index contributed by atoms with van der Waals surface area (Å²) in [6.45, 7) is 3.39. The third kappa shape index (κ3) is 2.69. The van der Waals surface area contributed by atoms with Crippen molar-refractivity contribution in [2.45, 2.75) is 24.2 Å². The quantitative estimate of drug-likeness (QED) is 0.787. The van der Waals surface area contributed by atoms with Crippen LogP contribution in [0.3, 0.4) is 0 Å². The van der Waals surface area contributed by atoms with E-state index in [2.05, 4.69) is 45.1 Å². The van der Waals surface area contributed by atoms with Gasteiger partial charge in [0, 0.05) is 4.83 Å². The molecule has 1 aliphatic heterocycles. The van der Waals surface area contributed by atoms with Gasteiger partial charge in [-0.3, -0.25) is 4.90 Å². The zero-order chi connectivity index (χ0) is 11.7. The molecule has 0 amide bonds. The zero-order valence-corrected chi connectivity index (χ0v) is 12.0. The highest BCUT2D eigenvalue weighted by Crippen LogP contribution is 2.24. The Bertz CT molecular complexity index is 470. The predicted molar refractivity (Wildman–Crippen MR) is 76.8 cm³/mol. The van der Waals surface area contributed by atoms with Gasteiger partial charge in [-0.25, -0.2) is 4.98 Å². The van der Waals surface area contributed by atoms with Crippen molar-refractivity contribution in [2.75, 3.05) is 13.1 Å². The van der Waals surface area contributed by atoms with E-state index in [9.17, 15) is 0 Å². The van der Waals surface area contributed by atoms with Crippen molar-refractivity contribution in [1.82, 2.24) is 9.88 Å². The maximum atomic E-state index is 4.69. The number of nitrogens with zero attached hydrogens (tertiary/aromatic N) is 2. The van der Waals surface area contributed by atoms with Gasteiger partial charge in [-0.2, -0.15) is 0 Å². The second-order valence-electron chi connectivity index (χ2n) is 4.53. The minimum absolute atomic E-state index is 0.717. The molecule has 0 spiro atoms. The number of hydrogen-bond acceptors (Lipinski definition) is 3. The van der Waals surface area contributed by atoms with Gasteiger partial charge in [-0.05, 0) is 38.1 Å². The minimum atomic E-state index is 0.717. The van der Waals surface area contributed by atoms with Gasteiger partial charge < -0.3 is 0 Å². The summed E-state index contributed by atoms with van der Waals surface area (Å²) in [7, 11) is 0. The van der Waals surface area contributed by atoms with Crippen LogP contribution in [0.15, 0.2) is 24.3 Å². The average molecular weight is 311 g/mol. The van der Waals surface area contributed by atoms with Crippen molar-refractivity contribution in [1.29, 1.82) is 0 Å². The van der Waals surface area contributed by atoms with Crippen LogP contribution in [0.25, 0.3) is 10.2 Å². The van der Waals surface area contributed by atoms with Crippen LogP contribution >= 0.6 is 27.3 Å². The largest absolute Gasteiger partial charge is 0.297 e. The van der Waals surface area contributed by atoms with Crippen LogP contribution in [0.2, 0.25) is 0 Å². The highest BCUT2D eigenvalue weighted by Gasteiger charge is 2.17. The van der Waals surface area contributed by atoms with E-state index >= 15 is 0 Å². The molecule has 0 N–H and O–H groups in total. The Kier molecular flexibility index (Phi) is 3.45. The van der Waals surface area contributed by atoms with E-state index in [-0.39, 0.29) is 0 Å². The summed E-state index contributed by atoms with van der Waals surface area (Å²) in [5.41, 5.74) is 1.14. The Morgan fingerprint density at radius 1 is 1.29 bits per heavy atom. The monoisotopic (exact) mass is 310 g/mol. The van der Waals surface area contributed by atoms with Crippen molar-refractivity contribution >= 4 is 37.5 Å². The van der Waals surface area contributed by atoms with Gasteiger partial charge in [-0.1, -0.05) is 28.1 Å². The van der Waals surface area contributed by atoms with Crippen LogP contribution in [0, 0.1) is 0 Å². The Balaban J connectivity index is 1.72. The van der Waals surface area contributed by atoms with Gasteiger partial charge in [0.25, 0.3) is 0 Å². The molecule has 1 saturated heterocycles. The van der Waals surface area contributed by atoms with E-state index < -0.39 is 0 Å². The Morgan fingerprint density at radius 2 is 2.06 bits per heavy atom. The molecular weight excluding hydrogens is 296 g/mol. The highest BCUT2D eigenvalue weighted by atomic mass is 79.9. The number of aromatic nitrogens is 1. The minimum Gasteiger partial charge on any atom is -0.297 e. The number of benzene rings is 1. The molecule has 4 heteroatoms. The van der Waals surface area contributed by atoms with Crippen LogP contribution in [0.5, 0.6) is 0 Å². The van der Waals surface area contributed by atoms with Gasteiger partial charge in [0.1, 0.15) is 5.01 Å². The molecule has 0 radical (unpaired) electrons. The fourth-order valence-electron chi connectivity index (χ4n) is 2.24. The number of para-hydroxylation sites is 1. The lowest BCUT2D eigenvalue weighted by Gasteiger charge is -2.28. The van der Waals surface area contributed by atoms with Gasteiger partial charge >= 0.3 is 0 Å². The van der Waals surface area contributed by atoms with Gasteiger partial charge in [0.05, 0.1) is 16.8 Å². The summed E-state index contributed by atoms with van der Waals surface area (Å²) in [6.07, 6.45) is 2.51. The molecule has 1 aliphatic rings. The third-order valence-corrected chi connectivity index (χ3v) is 5.15. The molecule has 3 rings (SSSR count). The molecule has 2 nitrogen and oxygen atoms in total. The van der Waals surface area contributed by atoms with Gasteiger partial charge in [0.2, 0.25) is 0 Å². The summed E-state index contributed by atoms with van der Waals surface area (Å²) in [6, 6.07) is 8.39. The smallest absolute Gasteiger partial charge is 0.108 e. The molecular formula is C13H15BrN2S. The number of alkyl halides is 1. The van der Waals surface area contributed by atoms with Crippen LogP contribution in [-0.4, -0.2) is 27.8 Å². The molecule has 2 aromatic rings. The number of fused-ring (bicyclic) bond motifs is 1. The van der Waals surface area contributed by atoms with Crippen molar-refractivity contribution < 1.29 is 0 Å². The van der Waals surface area contributed by atoms with Crippen LogP contribution < -0.4 is 0 Å². The summed E-state index contributed by atoms with van der Waals surface area (Å²) >= 11 is 5.52. The first kappa shape index (κ1) is 11.6. The molecule has 1 aromatic carbocycles. The second kappa shape index (κ2) is 5.04. The van der Waals surface area contributed by atoms with E-state index in [0.29, 0.717) is 4.83 Å². The Morgan fingerprint density at radius 3 is 2.82 bits per heavy atom. The van der Waals surface area contributed by atoms with Crippen LogP contribution in [-0.2, 0) is 6.54 Å². The van der Waals surface area contributed by atoms with Gasteiger partial charge in [-0.15, -0.1) is 11.3 Å². The number of piperidine rings is 1. The lowest BCUT2D eigenvalue weighted by molar-refractivity contribution is 0.226. The van der Waals surface area contributed by atoms with E-state index in [4.69, 9.17) is 4.98 Å². The highest BCUT2D eigenvalue weighted by molar-refractivity contribution is 9.09. The van der Waals surface area contributed by atoms with Crippen LogP contribution in [0.1, 0.15) is 17.8 Å². The van der Waals surface area contributed by atoms with Gasteiger partial charge in [0.15, 0.2) is 0 Å². The summed E-state index contributed by atoms with van der Waals surface area (Å²) < 4.78 is 1.30. The third-order valence-electron chi connectivity index (χ3n) is 3.21. The van der Waals surface area contributed by atoms with Crippen molar-refractivity contribution in [2.24, 2.45) is 0 Å². The number of halogens is 1. The molecule has 0 aliphatic carbocycles. The van der Waals surface area contributed by atoms with E-state index in [1.54, 1.807) is 0 Å². The van der Waals surface area contributed by atoms with Crippen molar-refractivity contribution in [3.05, 3.63) is 29.3 Å². The van der Waals surface area contributed by atoms with Crippen molar-refractivity contribution in [3.63, 3.8) is 0 Å². The Labute approximate surface area is 114 Å². The first-order valence-electron chi connectivity index (χ1n) is 6.02. The first-order valence-corrected chi connectivity index (χ1v) is 7.75. The molecule has 0 unspecified atom stereocenters. The van der Waals surface area contributed by atoms with Crippen molar-refractivity contribution in [3.8, 4) is 0 Å². The molecule has 0 saturated carbocycles. The molecule has 90 valence electrons. The fraction of sp³-hybridized carbons (Fsp3) is 0.462. The molecule has 2 heterocycles. The normalized spacial score (nSPS) is 18.9. The number of hydrogen-bond donors (Lipinski definition) is 0. The first-order chi connectivity index (χ1) is 8.31. The molecule has 1 fully saturated rings. The number of likely N-dealkylation sites (tertiary alicyclic amines) is 1.